The first-order valence-electron chi connectivity index (χ1n) is 6.59. The van der Waals surface area contributed by atoms with Crippen LogP contribution < -0.4 is 11.5 Å². The molecular formula is C16H15N3O4. The van der Waals surface area contributed by atoms with Crippen molar-refractivity contribution in [3.63, 3.8) is 0 Å². The summed E-state index contributed by atoms with van der Waals surface area (Å²) in [5.74, 6) is 0.00398. The van der Waals surface area contributed by atoms with Gasteiger partial charge >= 0.3 is 0 Å². The predicted octanol–water partition coefficient (Wildman–Crippen LogP) is 3.01. The molecule has 3 aromatic carbocycles. The highest BCUT2D eigenvalue weighted by Crippen LogP contribution is 2.28. The van der Waals surface area contributed by atoms with E-state index in [1.807, 2.05) is 30.3 Å². The molecule has 0 atom stereocenters. The summed E-state index contributed by atoms with van der Waals surface area (Å²) in [6.07, 6.45) is 0. The highest BCUT2D eigenvalue weighted by molar-refractivity contribution is 5.95. The SMILES string of the molecule is Nc1c(O)ccc2ccccc12.Nc1cc([N+](=O)[O-])ccc1O. The second kappa shape index (κ2) is 6.52. The molecule has 0 aliphatic rings. The number of non-ortho nitro benzene ring substituents is 1. The number of rotatable bonds is 1. The highest BCUT2D eigenvalue weighted by Gasteiger charge is 2.06. The van der Waals surface area contributed by atoms with Gasteiger partial charge in [-0.25, -0.2) is 0 Å². The molecule has 0 aliphatic heterocycles. The number of hydrogen-bond acceptors (Lipinski definition) is 6. The van der Waals surface area contributed by atoms with Gasteiger partial charge in [0.15, 0.2) is 0 Å². The van der Waals surface area contributed by atoms with Gasteiger partial charge in [-0.15, -0.1) is 0 Å². The van der Waals surface area contributed by atoms with E-state index in [0.29, 0.717) is 5.69 Å². The Bertz CT molecular complexity index is 865. The third-order valence-electron chi connectivity index (χ3n) is 3.17. The van der Waals surface area contributed by atoms with Gasteiger partial charge in [-0.05, 0) is 17.5 Å². The summed E-state index contributed by atoms with van der Waals surface area (Å²) in [6, 6.07) is 14.6. The van der Waals surface area contributed by atoms with Crippen LogP contribution in [0.15, 0.2) is 54.6 Å². The number of nitrogen functional groups attached to an aromatic ring is 2. The normalized spacial score (nSPS) is 9.91. The van der Waals surface area contributed by atoms with E-state index in [1.165, 1.54) is 12.1 Å². The van der Waals surface area contributed by atoms with Gasteiger partial charge in [0, 0.05) is 17.5 Å². The third kappa shape index (κ3) is 3.59. The highest BCUT2D eigenvalue weighted by atomic mass is 16.6. The Balaban J connectivity index is 0.000000168. The quantitative estimate of drug-likeness (QED) is 0.236. The van der Waals surface area contributed by atoms with Crippen molar-refractivity contribution in [1.82, 2.24) is 0 Å². The average Bonchev–Trinajstić information content (AvgIpc) is 2.54. The Morgan fingerprint density at radius 1 is 0.913 bits per heavy atom. The maximum absolute atomic E-state index is 10.1. The molecule has 0 fully saturated rings. The average molecular weight is 313 g/mol. The Morgan fingerprint density at radius 3 is 2.22 bits per heavy atom. The smallest absolute Gasteiger partial charge is 0.271 e. The van der Waals surface area contributed by atoms with E-state index in [9.17, 15) is 15.2 Å². The van der Waals surface area contributed by atoms with Crippen LogP contribution in [-0.4, -0.2) is 15.1 Å². The molecular weight excluding hydrogens is 298 g/mol. The molecule has 118 valence electrons. The lowest BCUT2D eigenvalue weighted by Crippen LogP contribution is -1.90. The van der Waals surface area contributed by atoms with Crippen molar-refractivity contribution in [2.24, 2.45) is 0 Å². The standard InChI is InChI=1S/C10H9NO.C6H6N2O3/c11-10-8-4-2-1-3-7(8)5-6-9(10)12;7-5-3-4(8(10)11)1-2-6(5)9/h1-6,12H,11H2;1-3,9H,7H2. The van der Waals surface area contributed by atoms with E-state index in [4.69, 9.17) is 16.6 Å². The number of nitro benzene ring substituents is 1. The molecule has 23 heavy (non-hydrogen) atoms. The van der Waals surface area contributed by atoms with Crippen molar-refractivity contribution < 1.29 is 15.1 Å². The summed E-state index contributed by atoms with van der Waals surface area (Å²) in [5, 5.41) is 30.3. The maximum atomic E-state index is 10.1. The van der Waals surface area contributed by atoms with Crippen molar-refractivity contribution >= 4 is 27.8 Å². The van der Waals surface area contributed by atoms with E-state index in [-0.39, 0.29) is 22.9 Å². The summed E-state index contributed by atoms with van der Waals surface area (Å²) in [5.41, 5.74) is 11.2. The maximum Gasteiger partial charge on any atom is 0.271 e. The van der Waals surface area contributed by atoms with Crippen molar-refractivity contribution in [1.29, 1.82) is 0 Å². The Morgan fingerprint density at radius 2 is 1.57 bits per heavy atom. The van der Waals surface area contributed by atoms with Crippen LogP contribution in [0.5, 0.6) is 11.5 Å². The monoisotopic (exact) mass is 313 g/mol. The topological polar surface area (TPSA) is 136 Å². The third-order valence-corrected chi connectivity index (χ3v) is 3.17. The van der Waals surface area contributed by atoms with Crippen molar-refractivity contribution in [2.45, 2.75) is 0 Å². The van der Waals surface area contributed by atoms with Gasteiger partial charge in [0.2, 0.25) is 0 Å². The molecule has 6 N–H and O–H groups in total. The molecule has 0 bridgehead atoms. The van der Waals surface area contributed by atoms with Crippen molar-refractivity contribution in [3.05, 3.63) is 64.7 Å². The van der Waals surface area contributed by atoms with E-state index in [2.05, 4.69) is 0 Å². The summed E-state index contributed by atoms with van der Waals surface area (Å²) in [6.45, 7) is 0. The van der Waals surface area contributed by atoms with E-state index >= 15 is 0 Å². The fourth-order valence-electron chi connectivity index (χ4n) is 1.94. The lowest BCUT2D eigenvalue weighted by molar-refractivity contribution is -0.384. The number of nitrogens with two attached hydrogens (primary N) is 2. The number of anilines is 2. The molecule has 0 saturated heterocycles. The fraction of sp³-hybridized carbons (Fsp3) is 0. The van der Waals surface area contributed by atoms with Gasteiger partial charge in [-0.3, -0.25) is 10.1 Å². The predicted molar refractivity (Wildman–Crippen MR) is 89.2 cm³/mol. The zero-order chi connectivity index (χ0) is 17.0. The van der Waals surface area contributed by atoms with E-state index < -0.39 is 4.92 Å². The Kier molecular flexibility index (Phi) is 4.51. The summed E-state index contributed by atoms with van der Waals surface area (Å²) in [4.78, 5) is 9.56. The number of fused-ring (bicyclic) bond motifs is 1. The van der Waals surface area contributed by atoms with Crippen LogP contribution in [0.2, 0.25) is 0 Å². The number of phenols is 2. The minimum absolute atomic E-state index is 0.0131. The van der Waals surface area contributed by atoms with Crippen LogP contribution in [0.1, 0.15) is 0 Å². The fourth-order valence-corrected chi connectivity index (χ4v) is 1.94. The Hall–Kier alpha value is -3.48. The number of benzene rings is 3. The molecule has 7 nitrogen and oxygen atoms in total. The second-order valence-corrected chi connectivity index (χ2v) is 4.72. The van der Waals surface area contributed by atoms with E-state index in [0.717, 1.165) is 16.8 Å². The first kappa shape index (κ1) is 15.9. The zero-order valence-corrected chi connectivity index (χ0v) is 12.0. The molecule has 0 aromatic heterocycles. The summed E-state index contributed by atoms with van der Waals surface area (Å²) >= 11 is 0. The second-order valence-electron chi connectivity index (χ2n) is 4.72. The molecule has 3 rings (SSSR count). The van der Waals surface area contributed by atoms with Crippen LogP contribution in [0, 0.1) is 10.1 Å². The number of phenolic OH excluding ortho intramolecular Hbond substituents is 2. The molecule has 0 unspecified atom stereocenters. The van der Waals surface area contributed by atoms with Crippen molar-refractivity contribution in [3.8, 4) is 11.5 Å². The number of nitro groups is 1. The van der Waals surface area contributed by atoms with Crippen molar-refractivity contribution in [2.75, 3.05) is 11.5 Å². The van der Waals surface area contributed by atoms with Crippen LogP contribution >= 0.6 is 0 Å². The number of aromatic hydroxyl groups is 2. The van der Waals surface area contributed by atoms with Gasteiger partial charge in [0.1, 0.15) is 11.5 Å². The first-order chi connectivity index (χ1) is 10.9. The molecule has 0 spiro atoms. The minimum atomic E-state index is -0.574. The molecule has 3 aromatic rings. The Labute approximate surface area is 131 Å². The first-order valence-corrected chi connectivity index (χ1v) is 6.59. The molecule has 0 radical (unpaired) electrons. The largest absolute Gasteiger partial charge is 0.506 e. The van der Waals surface area contributed by atoms with E-state index in [1.54, 1.807) is 6.07 Å². The van der Waals surface area contributed by atoms with Crippen LogP contribution in [0.25, 0.3) is 10.8 Å². The van der Waals surface area contributed by atoms with Gasteiger partial charge in [0.25, 0.3) is 5.69 Å². The summed E-state index contributed by atoms with van der Waals surface area (Å²) in [7, 11) is 0. The van der Waals surface area contributed by atoms with Crippen LogP contribution in [-0.2, 0) is 0 Å². The van der Waals surface area contributed by atoms with Gasteiger partial charge in [-0.2, -0.15) is 0 Å². The van der Waals surface area contributed by atoms with Crippen LogP contribution in [0.3, 0.4) is 0 Å². The zero-order valence-electron chi connectivity index (χ0n) is 12.0. The van der Waals surface area contributed by atoms with Gasteiger partial charge in [-0.1, -0.05) is 30.3 Å². The van der Waals surface area contributed by atoms with Crippen LogP contribution in [0.4, 0.5) is 17.1 Å². The lowest BCUT2D eigenvalue weighted by Gasteiger charge is -2.02. The minimum Gasteiger partial charge on any atom is -0.506 e. The summed E-state index contributed by atoms with van der Waals surface area (Å²) < 4.78 is 0. The number of hydrogen-bond donors (Lipinski definition) is 4. The molecule has 0 saturated carbocycles. The number of nitrogens with zero attached hydrogens (tertiary/aromatic N) is 1. The van der Waals surface area contributed by atoms with Gasteiger partial charge < -0.3 is 21.7 Å². The molecule has 0 heterocycles. The molecule has 0 amide bonds. The van der Waals surface area contributed by atoms with Gasteiger partial charge in [0.05, 0.1) is 16.3 Å². The lowest BCUT2D eigenvalue weighted by atomic mass is 10.1. The molecule has 7 heteroatoms. The molecule has 0 aliphatic carbocycles.